The van der Waals surface area contributed by atoms with Gasteiger partial charge in [0.1, 0.15) is 12.9 Å². The summed E-state index contributed by atoms with van der Waals surface area (Å²) in [5, 5.41) is 15.8. The molecule has 3 aromatic rings. The molecule has 0 aliphatic rings. The molecule has 0 unspecified atom stereocenters. The molecule has 1 aromatic heterocycles. The standard InChI is InChI=1S/C20H20N6O4/c1-2-14-7-9-15(10-8-14)22-19(28)12-30-20(29)16-5-3-4-6-17(16)23-18(27)11-26-13-21-24-25-26/h3-10,13H,2,11-12H2,1H3,(H,22,28)(H,23,27). The highest BCUT2D eigenvalue weighted by atomic mass is 16.5. The number of benzene rings is 2. The lowest BCUT2D eigenvalue weighted by molar-refractivity contribution is -0.119. The van der Waals surface area contributed by atoms with Gasteiger partial charge in [0, 0.05) is 5.69 Å². The second kappa shape index (κ2) is 9.92. The summed E-state index contributed by atoms with van der Waals surface area (Å²) < 4.78 is 6.34. The smallest absolute Gasteiger partial charge is 0.340 e. The van der Waals surface area contributed by atoms with E-state index in [1.807, 2.05) is 19.1 Å². The van der Waals surface area contributed by atoms with E-state index in [0.29, 0.717) is 5.69 Å². The van der Waals surface area contributed by atoms with E-state index in [0.717, 1.165) is 12.0 Å². The van der Waals surface area contributed by atoms with Crippen LogP contribution in [0.4, 0.5) is 11.4 Å². The van der Waals surface area contributed by atoms with Crippen LogP contribution in [0.15, 0.2) is 54.9 Å². The quantitative estimate of drug-likeness (QED) is 0.543. The fourth-order valence-corrected chi connectivity index (χ4v) is 2.59. The number of anilines is 2. The average Bonchev–Trinajstić information content (AvgIpc) is 3.26. The van der Waals surface area contributed by atoms with Crippen LogP contribution in [-0.4, -0.2) is 44.6 Å². The molecular formula is C20H20N6O4. The summed E-state index contributed by atoms with van der Waals surface area (Å²) >= 11 is 0. The fourth-order valence-electron chi connectivity index (χ4n) is 2.59. The summed E-state index contributed by atoms with van der Waals surface area (Å²) in [6.07, 6.45) is 2.20. The van der Waals surface area contributed by atoms with Gasteiger partial charge in [-0.25, -0.2) is 9.48 Å². The van der Waals surface area contributed by atoms with E-state index >= 15 is 0 Å². The molecule has 3 rings (SSSR count). The molecule has 10 nitrogen and oxygen atoms in total. The minimum absolute atomic E-state index is 0.115. The van der Waals surface area contributed by atoms with Gasteiger partial charge in [0.2, 0.25) is 5.91 Å². The molecule has 2 aromatic carbocycles. The fraction of sp³-hybridized carbons (Fsp3) is 0.200. The third-order valence-electron chi connectivity index (χ3n) is 4.10. The molecule has 1 heterocycles. The number of aryl methyl sites for hydroxylation is 1. The van der Waals surface area contributed by atoms with E-state index in [4.69, 9.17) is 4.74 Å². The molecule has 2 amide bonds. The predicted molar refractivity (Wildman–Crippen MR) is 108 cm³/mol. The minimum Gasteiger partial charge on any atom is -0.452 e. The Kier molecular flexibility index (Phi) is 6.83. The number of nitrogens with zero attached hydrogens (tertiary/aromatic N) is 4. The molecule has 0 radical (unpaired) electrons. The monoisotopic (exact) mass is 408 g/mol. The number of rotatable bonds is 8. The summed E-state index contributed by atoms with van der Waals surface area (Å²) in [7, 11) is 0. The molecule has 0 aliphatic heterocycles. The van der Waals surface area contributed by atoms with Crippen LogP contribution in [0.5, 0.6) is 0 Å². The maximum absolute atomic E-state index is 12.4. The Balaban J connectivity index is 1.55. The molecule has 0 saturated heterocycles. The number of nitrogens with one attached hydrogen (secondary N) is 2. The number of carbonyl (C=O) groups is 3. The number of esters is 1. The summed E-state index contributed by atoms with van der Waals surface area (Å²) in [6, 6.07) is 13.7. The van der Waals surface area contributed by atoms with Crippen LogP contribution in [0.1, 0.15) is 22.8 Å². The third-order valence-corrected chi connectivity index (χ3v) is 4.10. The summed E-state index contributed by atoms with van der Waals surface area (Å²) in [5.74, 6) is -1.62. The van der Waals surface area contributed by atoms with Crippen LogP contribution in [0.2, 0.25) is 0 Å². The predicted octanol–water partition coefficient (Wildman–Crippen LogP) is 1.67. The van der Waals surface area contributed by atoms with Crippen molar-refractivity contribution in [3.05, 3.63) is 66.0 Å². The highest BCUT2D eigenvalue weighted by Crippen LogP contribution is 2.16. The van der Waals surface area contributed by atoms with Gasteiger partial charge in [0.25, 0.3) is 5.91 Å². The maximum Gasteiger partial charge on any atom is 0.340 e. The first-order chi connectivity index (χ1) is 14.5. The molecule has 0 fully saturated rings. The number of hydrogen-bond acceptors (Lipinski definition) is 7. The lowest BCUT2D eigenvalue weighted by Crippen LogP contribution is -2.23. The Morgan fingerprint density at radius 3 is 2.47 bits per heavy atom. The van der Waals surface area contributed by atoms with Gasteiger partial charge in [0.15, 0.2) is 6.61 Å². The highest BCUT2D eigenvalue weighted by Gasteiger charge is 2.16. The first kappa shape index (κ1) is 20.6. The molecule has 2 N–H and O–H groups in total. The van der Waals surface area contributed by atoms with Gasteiger partial charge < -0.3 is 15.4 Å². The second-order valence-electron chi connectivity index (χ2n) is 6.28. The van der Waals surface area contributed by atoms with Crippen LogP contribution in [0.3, 0.4) is 0 Å². The van der Waals surface area contributed by atoms with E-state index in [1.165, 1.54) is 17.1 Å². The third kappa shape index (κ3) is 5.71. The topological polar surface area (TPSA) is 128 Å². The van der Waals surface area contributed by atoms with E-state index in [-0.39, 0.29) is 17.8 Å². The largest absolute Gasteiger partial charge is 0.452 e. The Bertz CT molecular complexity index is 1020. The van der Waals surface area contributed by atoms with Gasteiger partial charge in [-0.05, 0) is 46.7 Å². The van der Waals surface area contributed by atoms with Gasteiger partial charge in [0.05, 0.1) is 11.3 Å². The molecule has 0 spiro atoms. The number of tetrazole rings is 1. The lowest BCUT2D eigenvalue weighted by atomic mass is 10.1. The number of para-hydroxylation sites is 1. The van der Waals surface area contributed by atoms with Crippen LogP contribution < -0.4 is 10.6 Å². The van der Waals surface area contributed by atoms with E-state index in [1.54, 1.807) is 30.3 Å². The number of hydrogen-bond donors (Lipinski definition) is 2. The zero-order valence-electron chi connectivity index (χ0n) is 16.2. The van der Waals surface area contributed by atoms with Gasteiger partial charge in [-0.1, -0.05) is 31.2 Å². The van der Waals surface area contributed by atoms with Crippen molar-refractivity contribution >= 4 is 29.2 Å². The SMILES string of the molecule is CCc1ccc(NC(=O)COC(=O)c2ccccc2NC(=O)Cn2cnnn2)cc1. The maximum atomic E-state index is 12.4. The van der Waals surface area contributed by atoms with Gasteiger partial charge in [-0.3, -0.25) is 9.59 Å². The summed E-state index contributed by atoms with van der Waals surface area (Å²) in [5.41, 5.74) is 2.15. The number of aromatic nitrogens is 4. The van der Waals surface area contributed by atoms with Crippen LogP contribution in [-0.2, 0) is 27.3 Å². The van der Waals surface area contributed by atoms with E-state index < -0.39 is 24.4 Å². The first-order valence-corrected chi connectivity index (χ1v) is 9.20. The van der Waals surface area contributed by atoms with Crippen LogP contribution in [0, 0.1) is 0 Å². The van der Waals surface area contributed by atoms with Crippen LogP contribution in [0.25, 0.3) is 0 Å². The van der Waals surface area contributed by atoms with Crippen LogP contribution >= 0.6 is 0 Å². The first-order valence-electron chi connectivity index (χ1n) is 9.20. The van der Waals surface area contributed by atoms with Crippen molar-refractivity contribution in [3.63, 3.8) is 0 Å². The average molecular weight is 408 g/mol. The molecule has 154 valence electrons. The molecule has 0 atom stereocenters. The Morgan fingerprint density at radius 1 is 1.00 bits per heavy atom. The van der Waals surface area contributed by atoms with Crippen molar-refractivity contribution in [1.29, 1.82) is 0 Å². The van der Waals surface area contributed by atoms with Crippen molar-refractivity contribution in [1.82, 2.24) is 20.2 Å². The van der Waals surface area contributed by atoms with E-state index in [9.17, 15) is 14.4 Å². The van der Waals surface area contributed by atoms with Crippen molar-refractivity contribution in [2.24, 2.45) is 0 Å². The Morgan fingerprint density at radius 2 is 1.77 bits per heavy atom. The number of carbonyl (C=O) groups excluding carboxylic acids is 3. The molecule has 10 heteroatoms. The molecule has 0 bridgehead atoms. The van der Waals surface area contributed by atoms with Crippen molar-refractivity contribution in [3.8, 4) is 0 Å². The minimum atomic E-state index is -0.732. The highest BCUT2D eigenvalue weighted by molar-refractivity contribution is 6.02. The number of amides is 2. The molecule has 0 aliphatic carbocycles. The molecule has 0 saturated carbocycles. The zero-order valence-corrected chi connectivity index (χ0v) is 16.2. The van der Waals surface area contributed by atoms with Gasteiger partial charge in [-0.15, -0.1) is 5.10 Å². The normalized spacial score (nSPS) is 10.3. The molecule has 30 heavy (non-hydrogen) atoms. The van der Waals surface area contributed by atoms with Gasteiger partial charge >= 0.3 is 5.97 Å². The number of ether oxygens (including phenoxy) is 1. The van der Waals surface area contributed by atoms with Gasteiger partial charge in [-0.2, -0.15) is 0 Å². The summed E-state index contributed by atoms with van der Waals surface area (Å²) in [4.78, 5) is 36.6. The van der Waals surface area contributed by atoms with Crippen molar-refractivity contribution < 1.29 is 19.1 Å². The van der Waals surface area contributed by atoms with E-state index in [2.05, 4.69) is 26.2 Å². The zero-order chi connectivity index (χ0) is 21.3. The Hall–Kier alpha value is -4.08. The summed E-state index contributed by atoms with van der Waals surface area (Å²) in [6.45, 7) is 1.47. The lowest BCUT2D eigenvalue weighted by Gasteiger charge is -2.11. The molecular weight excluding hydrogens is 388 g/mol. The van der Waals surface area contributed by atoms with Crippen molar-refractivity contribution in [2.75, 3.05) is 17.2 Å². The second-order valence-corrected chi connectivity index (χ2v) is 6.28. The Labute approximate surface area is 172 Å². The van der Waals surface area contributed by atoms with Crippen molar-refractivity contribution in [2.45, 2.75) is 19.9 Å².